The van der Waals surface area contributed by atoms with Crippen LogP contribution in [0.1, 0.15) is 63.1 Å². The van der Waals surface area contributed by atoms with E-state index in [1.807, 2.05) is 0 Å². The molecule has 1 heterocycles. The molecule has 1 fully saturated rings. The Labute approximate surface area is 116 Å². The van der Waals surface area contributed by atoms with Crippen LogP contribution >= 0.6 is 0 Å². The van der Waals surface area contributed by atoms with Crippen molar-refractivity contribution in [1.29, 1.82) is 0 Å². The summed E-state index contributed by atoms with van der Waals surface area (Å²) in [4.78, 5) is 0. The van der Waals surface area contributed by atoms with E-state index in [2.05, 4.69) is 33.3 Å². The normalized spacial score (nSPS) is 16.4. The Morgan fingerprint density at radius 2 is 2.16 bits per heavy atom. The molecule has 3 nitrogen and oxygen atoms in total. The topological polar surface area (TPSA) is 29.9 Å². The molecular formula is C16H25N3. The van der Waals surface area contributed by atoms with Crippen LogP contribution in [0.3, 0.4) is 0 Å². The predicted molar refractivity (Wildman–Crippen MR) is 78.7 cm³/mol. The Bertz CT molecular complexity index is 396. The van der Waals surface area contributed by atoms with E-state index in [0.717, 1.165) is 38.0 Å². The van der Waals surface area contributed by atoms with Crippen LogP contribution in [0.15, 0.2) is 12.3 Å². The number of hydrogen-bond donors (Lipinski definition) is 1. The van der Waals surface area contributed by atoms with Gasteiger partial charge < -0.3 is 5.32 Å². The van der Waals surface area contributed by atoms with E-state index in [1.54, 1.807) is 0 Å². The highest BCUT2D eigenvalue weighted by Crippen LogP contribution is 2.27. The first-order valence-electron chi connectivity index (χ1n) is 7.58. The van der Waals surface area contributed by atoms with E-state index in [9.17, 15) is 0 Å². The van der Waals surface area contributed by atoms with Crippen LogP contribution in [0.4, 0.5) is 0 Å². The average Bonchev–Trinajstić information content (AvgIpc) is 2.92. The molecule has 1 aliphatic carbocycles. The molecule has 0 aromatic carbocycles. The summed E-state index contributed by atoms with van der Waals surface area (Å²) in [6.45, 7) is 1.90. The second-order valence-corrected chi connectivity index (χ2v) is 5.42. The van der Waals surface area contributed by atoms with Gasteiger partial charge in [-0.05, 0) is 38.3 Å². The molecule has 0 aliphatic heterocycles. The number of rotatable bonds is 7. The first kappa shape index (κ1) is 14.1. The van der Waals surface area contributed by atoms with Crippen molar-refractivity contribution < 1.29 is 0 Å². The second kappa shape index (κ2) is 8.01. The van der Waals surface area contributed by atoms with Gasteiger partial charge in [-0.2, -0.15) is 5.10 Å². The van der Waals surface area contributed by atoms with Gasteiger partial charge in [0.05, 0.1) is 11.7 Å². The van der Waals surface area contributed by atoms with Gasteiger partial charge in [-0.3, -0.25) is 4.68 Å². The highest BCUT2D eigenvalue weighted by molar-refractivity contribution is 4.99. The van der Waals surface area contributed by atoms with E-state index < -0.39 is 0 Å². The van der Waals surface area contributed by atoms with Gasteiger partial charge in [0.15, 0.2) is 0 Å². The van der Waals surface area contributed by atoms with Gasteiger partial charge in [-0.1, -0.05) is 19.3 Å². The van der Waals surface area contributed by atoms with E-state index in [4.69, 9.17) is 6.42 Å². The summed E-state index contributed by atoms with van der Waals surface area (Å²) < 4.78 is 2.18. The van der Waals surface area contributed by atoms with Crippen LogP contribution in [0, 0.1) is 12.3 Å². The van der Waals surface area contributed by atoms with Gasteiger partial charge >= 0.3 is 0 Å². The van der Waals surface area contributed by atoms with Crippen molar-refractivity contribution in [2.24, 2.45) is 0 Å². The van der Waals surface area contributed by atoms with Gasteiger partial charge in [-0.15, -0.1) is 12.3 Å². The smallest absolute Gasteiger partial charge is 0.0762 e. The molecule has 0 spiro atoms. The number of nitrogens with zero attached hydrogens (tertiary/aromatic N) is 2. The lowest BCUT2D eigenvalue weighted by atomic mass is 9.96. The predicted octanol–water partition coefficient (Wildman–Crippen LogP) is 3.28. The minimum absolute atomic E-state index is 0.637. The summed E-state index contributed by atoms with van der Waals surface area (Å²) in [6, 6.07) is 2.78. The third-order valence-electron chi connectivity index (χ3n) is 3.84. The summed E-state index contributed by atoms with van der Waals surface area (Å²) in [7, 11) is 0. The zero-order valence-corrected chi connectivity index (χ0v) is 11.8. The summed E-state index contributed by atoms with van der Waals surface area (Å²) in [6.07, 6.45) is 17.2. The van der Waals surface area contributed by atoms with Crippen molar-refractivity contribution in [3.05, 3.63) is 18.0 Å². The molecule has 3 heteroatoms. The Kier molecular flexibility index (Phi) is 5.97. The standard InChI is InChI=1S/C16H25N3/c1-2-3-4-8-12-17-14-15-11-13-19(18-15)16-9-6-5-7-10-16/h1,11,13,16-17H,3-10,12,14H2. The molecule has 0 atom stereocenters. The number of nitrogens with one attached hydrogen (secondary N) is 1. The quantitative estimate of drug-likeness (QED) is 0.601. The van der Waals surface area contributed by atoms with E-state index in [-0.39, 0.29) is 0 Å². The van der Waals surface area contributed by atoms with Crippen molar-refractivity contribution in [2.45, 2.75) is 64.0 Å². The van der Waals surface area contributed by atoms with Crippen molar-refractivity contribution in [2.75, 3.05) is 6.54 Å². The highest BCUT2D eigenvalue weighted by atomic mass is 15.3. The van der Waals surface area contributed by atoms with Crippen LogP contribution in [-0.4, -0.2) is 16.3 Å². The van der Waals surface area contributed by atoms with E-state index in [0.29, 0.717) is 6.04 Å². The molecule has 2 rings (SSSR count). The summed E-state index contributed by atoms with van der Waals surface area (Å²) in [5.74, 6) is 2.67. The van der Waals surface area contributed by atoms with Crippen LogP contribution < -0.4 is 5.32 Å². The van der Waals surface area contributed by atoms with Gasteiger partial charge in [0.2, 0.25) is 0 Å². The van der Waals surface area contributed by atoms with Crippen LogP contribution in [0.2, 0.25) is 0 Å². The first-order chi connectivity index (χ1) is 9.40. The van der Waals surface area contributed by atoms with Crippen molar-refractivity contribution in [1.82, 2.24) is 15.1 Å². The lowest BCUT2D eigenvalue weighted by Crippen LogP contribution is -2.17. The molecule has 0 unspecified atom stereocenters. The molecule has 19 heavy (non-hydrogen) atoms. The molecule has 1 N–H and O–H groups in total. The average molecular weight is 259 g/mol. The lowest BCUT2D eigenvalue weighted by molar-refractivity contribution is 0.327. The zero-order chi connectivity index (χ0) is 13.3. The Morgan fingerprint density at radius 1 is 1.32 bits per heavy atom. The van der Waals surface area contributed by atoms with Crippen LogP contribution in [0.5, 0.6) is 0 Å². The number of hydrogen-bond acceptors (Lipinski definition) is 2. The Hall–Kier alpha value is -1.27. The molecule has 1 saturated carbocycles. The van der Waals surface area contributed by atoms with E-state index in [1.165, 1.54) is 32.1 Å². The van der Waals surface area contributed by atoms with Gasteiger partial charge in [0, 0.05) is 19.2 Å². The van der Waals surface area contributed by atoms with Crippen LogP contribution in [0.25, 0.3) is 0 Å². The lowest BCUT2D eigenvalue weighted by Gasteiger charge is -2.21. The molecule has 1 aromatic rings. The second-order valence-electron chi connectivity index (χ2n) is 5.42. The molecule has 1 aliphatic rings. The largest absolute Gasteiger partial charge is 0.311 e. The molecule has 0 amide bonds. The summed E-state index contributed by atoms with van der Waals surface area (Å²) in [5, 5.41) is 8.12. The Balaban J connectivity index is 1.67. The molecule has 0 saturated heterocycles. The minimum Gasteiger partial charge on any atom is -0.311 e. The molecular weight excluding hydrogens is 234 g/mol. The monoisotopic (exact) mass is 259 g/mol. The fourth-order valence-corrected chi connectivity index (χ4v) is 2.71. The third-order valence-corrected chi connectivity index (χ3v) is 3.84. The van der Waals surface area contributed by atoms with Crippen LogP contribution in [-0.2, 0) is 6.54 Å². The van der Waals surface area contributed by atoms with Gasteiger partial charge in [-0.25, -0.2) is 0 Å². The summed E-state index contributed by atoms with van der Waals surface area (Å²) in [5.41, 5.74) is 1.16. The van der Waals surface area contributed by atoms with E-state index >= 15 is 0 Å². The maximum atomic E-state index is 5.22. The maximum absolute atomic E-state index is 5.22. The fraction of sp³-hybridized carbons (Fsp3) is 0.688. The molecule has 1 aromatic heterocycles. The van der Waals surface area contributed by atoms with Crippen molar-refractivity contribution in [3.8, 4) is 12.3 Å². The highest BCUT2D eigenvalue weighted by Gasteiger charge is 2.15. The minimum atomic E-state index is 0.637. The van der Waals surface area contributed by atoms with Crippen molar-refractivity contribution in [3.63, 3.8) is 0 Å². The Morgan fingerprint density at radius 3 is 2.95 bits per heavy atom. The zero-order valence-electron chi connectivity index (χ0n) is 11.8. The first-order valence-corrected chi connectivity index (χ1v) is 7.58. The number of unbranched alkanes of at least 4 members (excludes halogenated alkanes) is 2. The van der Waals surface area contributed by atoms with Gasteiger partial charge in [0.25, 0.3) is 0 Å². The fourth-order valence-electron chi connectivity index (χ4n) is 2.71. The number of aromatic nitrogens is 2. The molecule has 0 bridgehead atoms. The molecule has 0 radical (unpaired) electrons. The maximum Gasteiger partial charge on any atom is 0.0762 e. The molecule has 104 valence electrons. The third kappa shape index (κ3) is 4.72. The van der Waals surface area contributed by atoms with Crippen molar-refractivity contribution >= 4 is 0 Å². The SMILES string of the molecule is C#CCCCCNCc1ccn(C2CCCCC2)n1. The van der Waals surface area contributed by atoms with Gasteiger partial charge in [0.1, 0.15) is 0 Å². The summed E-state index contributed by atoms with van der Waals surface area (Å²) >= 11 is 0. The number of terminal acetylenes is 1.